The average molecular weight is 421 g/mol. The third-order valence-electron chi connectivity index (χ3n) is 5.56. The second kappa shape index (κ2) is 13.7. The van der Waals surface area contributed by atoms with Crippen LogP contribution in [0.4, 0.5) is 0 Å². The summed E-state index contributed by atoms with van der Waals surface area (Å²) in [5.41, 5.74) is 0. The zero-order valence-electron chi connectivity index (χ0n) is 19.1. The molecule has 1 aliphatic rings. The summed E-state index contributed by atoms with van der Waals surface area (Å²) in [4.78, 5) is 12.4. The van der Waals surface area contributed by atoms with Gasteiger partial charge in [-0.05, 0) is 44.0 Å². The van der Waals surface area contributed by atoms with Crippen LogP contribution in [0.25, 0.3) is 0 Å². The number of carbonyl (C=O) groups excluding carboxylic acids is 1. The molecule has 2 rings (SSSR count). The Labute approximate surface area is 182 Å². The van der Waals surface area contributed by atoms with Crippen LogP contribution in [0.3, 0.4) is 0 Å². The number of unbranched alkanes of at least 4 members (excludes halogenated alkanes) is 7. The minimum absolute atomic E-state index is 0.314. The molecule has 0 spiro atoms. The van der Waals surface area contributed by atoms with E-state index in [2.05, 4.69) is 13.8 Å². The Bertz CT molecular complexity index is 590. The minimum atomic E-state index is -0.582. The molecule has 5 nitrogen and oxygen atoms in total. The Morgan fingerprint density at radius 3 is 2.13 bits per heavy atom. The second-order valence-corrected chi connectivity index (χ2v) is 8.42. The molecular formula is C25H40O5. The highest BCUT2D eigenvalue weighted by molar-refractivity contribution is 5.75. The van der Waals surface area contributed by atoms with Gasteiger partial charge in [0.15, 0.2) is 5.79 Å². The Morgan fingerprint density at radius 1 is 0.900 bits per heavy atom. The van der Waals surface area contributed by atoms with Crippen LogP contribution in [0.5, 0.6) is 11.5 Å². The van der Waals surface area contributed by atoms with E-state index < -0.39 is 11.7 Å². The first-order valence-corrected chi connectivity index (χ1v) is 11.8. The van der Waals surface area contributed by atoms with E-state index in [0.717, 1.165) is 44.5 Å². The monoisotopic (exact) mass is 420 g/mol. The van der Waals surface area contributed by atoms with Crippen molar-refractivity contribution in [1.82, 2.24) is 0 Å². The van der Waals surface area contributed by atoms with E-state index >= 15 is 0 Å². The summed E-state index contributed by atoms with van der Waals surface area (Å²) in [5, 5.41) is 0. The van der Waals surface area contributed by atoms with Crippen LogP contribution < -0.4 is 9.47 Å². The molecule has 0 N–H and O–H groups in total. The van der Waals surface area contributed by atoms with Gasteiger partial charge in [0.2, 0.25) is 0 Å². The fraction of sp³-hybridized carbons (Fsp3) is 0.720. The van der Waals surface area contributed by atoms with Crippen molar-refractivity contribution in [2.24, 2.45) is 5.92 Å². The molecule has 0 radical (unpaired) electrons. The number of rotatable bonds is 14. The van der Waals surface area contributed by atoms with Gasteiger partial charge in [0.05, 0.1) is 19.8 Å². The number of hydrogen-bond donors (Lipinski definition) is 0. The molecule has 0 atom stereocenters. The van der Waals surface area contributed by atoms with E-state index in [4.69, 9.17) is 18.9 Å². The van der Waals surface area contributed by atoms with E-state index in [1.54, 1.807) is 12.1 Å². The summed E-state index contributed by atoms with van der Waals surface area (Å²) in [5.74, 6) is 0.0268. The SMILES string of the molecule is CCCCCCCCOc1ccc(OC(=O)C2COC(C)(CCCCC)OC2)cc1. The summed E-state index contributed by atoms with van der Waals surface area (Å²) in [7, 11) is 0. The Morgan fingerprint density at radius 2 is 1.47 bits per heavy atom. The maximum Gasteiger partial charge on any atom is 0.319 e. The quantitative estimate of drug-likeness (QED) is 0.201. The van der Waals surface area contributed by atoms with Crippen LogP contribution >= 0.6 is 0 Å². The van der Waals surface area contributed by atoms with E-state index in [1.165, 1.54) is 32.1 Å². The van der Waals surface area contributed by atoms with E-state index in [9.17, 15) is 4.79 Å². The molecule has 1 heterocycles. The van der Waals surface area contributed by atoms with Crippen molar-refractivity contribution in [3.8, 4) is 11.5 Å². The van der Waals surface area contributed by atoms with Crippen LogP contribution in [0.15, 0.2) is 24.3 Å². The first-order chi connectivity index (χ1) is 14.6. The molecular weight excluding hydrogens is 380 g/mol. The molecule has 1 saturated heterocycles. The van der Waals surface area contributed by atoms with Gasteiger partial charge in [-0.15, -0.1) is 0 Å². The second-order valence-electron chi connectivity index (χ2n) is 8.42. The lowest BCUT2D eigenvalue weighted by atomic mass is 10.1. The van der Waals surface area contributed by atoms with Crippen LogP contribution in [-0.2, 0) is 14.3 Å². The van der Waals surface area contributed by atoms with Crippen molar-refractivity contribution in [3.63, 3.8) is 0 Å². The van der Waals surface area contributed by atoms with Gasteiger partial charge in [-0.25, -0.2) is 0 Å². The van der Waals surface area contributed by atoms with Crippen LogP contribution in [-0.4, -0.2) is 31.6 Å². The van der Waals surface area contributed by atoms with Gasteiger partial charge < -0.3 is 18.9 Å². The fourth-order valence-corrected chi connectivity index (χ4v) is 3.50. The molecule has 1 aromatic carbocycles. The smallest absolute Gasteiger partial charge is 0.319 e. The van der Waals surface area contributed by atoms with Gasteiger partial charge in [0.1, 0.15) is 17.4 Å². The molecule has 0 aromatic heterocycles. The van der Waals surface area contributed by atoms with Crippen molar-refractivity contribution in [2.45, 2.75) is 90.8 Å². The first kappa shape index (κ1) is 24.7. The zero-order chi connectivity index (χ0) is 21.7. The summed E-state index contributed by atoms with van der Waals surface area (Å²) < 4.78 is 23.0. The molecule has 0 amide bonds. The Balaban J connectivity index is 1.66. The van der Waals surface area contributed by atoms with Crippen molar-refractivity contribution >= 4 is 5.97 Å². The first-order valence-electron chi connectivity index (χ1n) is 11.8. The highest BCUT2D eigenvalue weighted by atomic mass is 16.7. The molecule has 0 saturated carbocycles. The predicted octanol–water partition coefficient (Wildman–Crippen LogP) is 6.29. The lowest BCUT2D eigenvalue weighted by Crippen LogP contribution is -2.45. The number of ether oxygens (including phenoxy) is 4. The minimum Gasteiger partial charge on any atom is -0.494 e. The summed E-state index contributed by atoms with van der Waals surface area (Å²) in [6.45, 7) is 7.74. The average Bonchev–Trinajstić information content (AvgIpc) is 2.75. The highest BCUT2D eigenvalue weighted by Crippen LogP contribution is 2.28. The van der Waals surface area contributed by atoms with Crippen LogP contribution in [0, 0.1) is 5.92 Å². The van der Waals surface area contributed by atoms with Crippen molar-refractivity contribution in [2.75, 3.05) is 19.8 Å². The standard InChI is InChI=1S/C25H40O5/c1-4-6-8-9-10-12-18-27-22-13-15-23(16-14-22)30-24(26)21-19-28-25(3,29-20-21)17-11-7-5-2/h13-16,21H,4-12,17-20H2,1-3H3. The fourth-order valence-electron chi connectivity index (χ4n) is 3.50. The number of esters is 1. The van der Waals surface area contributed by atoms with Crippen LogP contribution in [0.2, 0.25) is 0 Å². The lowest BCUT2D eigenvalue weighted by Gasteiger charge is -2.36. The summed E-state index contributed by atoms with van der Waals surface area (Å²) >= 11 is 0. The van der Waals surface area contributed by atoms with E-state index in [-0.39, 0.29) is 5.97 Å². The third kappa shape index (κ3) is 9.05. The van der Waals surface area contributed by atoms with E-state index in [0.29, 0.717) is 19.0 Å². The van der Waals surface area contributed by atoms with Gasteiger partial charge in [0, 0.05) is 6.42 Å². The predicted molar refractivity (Wildman–Crippen MR) is 119 cm³/mol. The molecule has 5 heteroatoms. The van der Waals surface area contributed by atoms with Gasteiger partial charge in [-0.1, -0.05) is 58.8 Å². The topological polar surface area (TPSA) is 54.0 Å². The Kier molecular flexibility index (Phi) is 11.2. The van der Waals surface area contributed by atoms with Gasteiger partial charge in [0.25, 0.3) is 0 Å². The van der Waals surface area contributed by atoms with Gasteiger partial charge in [-0.3, -0.25) is 4.79 Å². The molecule has 1 aliphatic heterocycles. The van der Waals surface area contributed by atoms with Crippen LogP contribution in [0.1, 0.15) is 85.0 Å². The number of hydrogen-bond acceptors (Lipinski definition) is 5. The molecule has 1 fully saturated rings. The summed E-state index contributed by atoms with van der Waals surface area (Å²) in [6.07, 6.45) is 11.7. The maximum atomic E-state index is 12.4. The molecule has 30 heavy (non-hydrogen) atoms. The Hall–Kier alpha value is -1.59. The molecule has 0 bridgehead atoms. The molecule has 1 aromatic rings. The van der Waals surface area contributed by atoms with Crippen molar-refractivity contribution in [1.29, 1.82) is 0 Å². The molecule has 170 valence electrons. The maximum absolute atomic E-state index is 12.4. The lowest BCUT2D eigenvalue weighted by molar-refractivity contribution is -0.274. The van der Waals surface area contributed by atoms with E-state index in [1.807, 2.05) is 19.1 Å². The van der Waals surface area contributed by atoms with Gasteiger partial charge in [-0.2, -0.15) is 0 Å². The zero-order valence-corrected chi connectivity index (χ0v) is 19.1. The van der Waals surface area contributed by atoms with Gasteiger partial charge >= 0.3 is 5.97 Å². The molecule has 0 unspecified atom stereocenters. The number of carbonyl (C=O) groups is 1. The molecule has 0 aliphatic carbocycles. The third-order valence-corrected chi connectivity index (χ3v) is 5.56. The van der Waals surface area contributed by atoms with Crippen molar-refractivity contribution in [3.05, 3.63) is 24.3 Å². The van der Waals surface area contributed by atoms with Crippen molar-refractivity contribution < 1.29 is 23.7 Å². The summed E-state index contributed by atoms with van der Waals surface area (Å²) in [6, 6.07) is 7.23. The normalized spacial score (nSPS) is 21.4. The highest BCUT2D eigenvalue weighted by Gasteiger charge is 2.36. The number of benzene rings is 1. The largest absolute Gasteiger partial charge is 0.494 e.